The molecule has 0 bridgehead atoms. The Labute approximate surface area is 93.7 Å². The lowest BCUT2D eigenvalue weighted by Gasteiger charge is -2.08. The van der Waals surface area contributed by atoms with Crippen LogP contribution in [0, 0.1) is 12.7 Å². The highest BCUT2D eigenvalue weighted by Crippen LogP contribution is 2.28. The van der Waals surface area contributed by atoms with Crippen molar-refractivity contribution in [3.63, 3.8) is 0 Å². The van der Waals surface area contributed by atoms with Crippen molar-refractivity contribution in [3.8, 4) is 17.0 Å². The van der Waals surface area contributed by atoms with E-state index in [1.807, 2.05) is 19.1 Å². The molecule has 0 spiro atoms. The molecule has 0 N–H and O–H groups in total. The third-order valence-corrected chi connectivity index (χ3v) is 2.32. The van der Waals surface area contributed by atoms with E-state index in [0.717, 1.165) is 16.7 Å². The van der Waals surface area contributed by atoms with E-state index in [1.165, 1.54) is 12.1 Å². The molecule has 2 rings (SSSR count). The number of ether oxygens (including phenoxy) is 1. The smallest absolute Gasteiger partial charge is 0.221 e. The normalized spacial score (nSPS) is 10.2. The Balaban J connectivity index is 2.58. The van der Waals surface area contributed by atoms with Gasteiger partial charge in [0.05, 0.1) is 7.11 Å². The van der Waals surface area contributed by atoms with Gasteiger partial charge in [-0.3, -0.25) is 0 Å². The first-order valence-electron chi connectivity index (χ1n) is 4.97. The molecule has 0 aliphatic carbocycles. The van der Waals surface area contributed by atoms with Gasteiger partial charge in [0.2, 0.25) is 5.88 Å². The number of benzene rings is 1. The van der Waals surface area contributed by atoms with Crippen molar-refractivity contribution >= 4 is 0 Å². The van der Waals surface area contributed by atoms with Crippen LogP contribution in [0.25, 0.3) is 11.1 Å². The second-order valence-electron chi connectivity index (χ2n) is 3.58. The van der Waals surface area contributed by atoms with Crippen LogP contribution in [0.2, 0.25) is 0 Å². The molecular weight excluding hydrogens is 205 g/mol. The van der Waals surface area contributed by atoms with Crippen molar-refractivity contribution in [1.29, 1.82) is 0 Å². The summed E-state index contributed by atoms with van der Waals surface area (Å²) in [6.45, 7) is 1.94. The van der Waals surface area contributed by atoms with Crippen molar-refractivity contribution in [3.05, 3.63) is 47.9 Å². The molecule has 0 fully saturated rings. The third-order valence-electron chi connectivity index (χ3n) is 2.32. The summed E-state index contributed by atoms with van der Waals surface area (Å²) in [7, 11) is 1.56. The van der Waals surface area contributed by atoms with E-state index in [2.05, 4.69) is 4.98 Å². The maximum atomic E-state index is 13.1. The number of aromatic nitrogens is 1. The minimum Gasteiger partial charge on any atom is -0.481 e. The van der Waals surface area contributed by atoms with Crippen LogP contribution in [0.15, 0.2) is 36.5 Å². The Morgan fingerprint density at radius 2 is 2.06 bits per heavy atom. The summed E-state index contributed by atoms with van der Waals surface area (Å²) < 4.78 is 18.3. The van der Waals surface area contributed by atoms with E-state index in [0.29, 0.717) is 5.88 Å². The van der Waals surface area contributed by atoms with Gasteiger partial charge < -0.3 is 4.74 Å². The Morgan fingerprint density at radius 3 is 2.75 bits per heavy atom. The molecule has 0 atom stereocenters. The molecule has 0 radical (unpaired) electrons. The largest absolute Gasteiger partial charge is 0.481 e. The minimum atomic E-state index is -0.263. The summed E-state index contributed by atoms with van der Waals surface area (Å²) in [4.78, 5) is 4.16. The van der Waals surface area contributed by atoms with Gasteiger partial charge >= 0.3 is 0 Å². The highest BCUT2D eigenvalue weighted by molar-refractivity contribution is 5.69. The van der Waals surface area contributed by atoms with Crippen molar-refractivity contribution < 1.29 is 9.13 Å². The quantitative estimate of drug-likeness (QED) is 0.770. The van der Waals surface area contributed by atoms with Crippen LogP contribution in [-0.2, 0) is 0 Å². The predicted molar refractivity (Wildman–Crippen MR) is 60.9 cm³/mol. The second kappa shape index (κ2) is 4.31. The van der Waals surface area contributed by atoms with Crippen LogP contribution in [0.4, 0.5) is 4.39 Å². The molecule has 82 valence electrons. The average molecular weight is 217 g/mol. The van der Waals surface area contributed by atoms with Crippen LogP contribution < -0.4 is 4.74 Å². The lowest BCUT2D eigenvalue weighted by atomic mass is 10.1. The van der Waals surface area contributed by atoms with Gasteiger partial charge in [-0.25, -0.2) is 9.37 Å². The van der Waals surface area contributed by atoms with E-state index in [4.69, 9.17) is 4.74 Å². The van der Waals surface area contributed by atoms with E-state index >= 15 is 0 Å². The second-order valence-corrected chi connectivity index (χ2v) is 3.58. The van der Waals surface area contributed by atoms with Gasteiger partial charge in [0.1, 0.15) is 5.82 Å². The average Bonchev–Trinajstić information content (AvgIpc) is 2.29. The molecule has 0 aliphatic rings. The molecule has 2 nitrogen and oxygen atoms in total. The maximum Gasteiger partial charge on any atom is 0.221 e. The first kappa shape index (κ1) is 10.6. The Kier molecular flexibility index (Phi) is 2.86. The first-order valence-corrected chi connectivity index (χ1v) is 4.97. The third kappa shape index (κ3) is 2.03. The standard InChI is InChI=1S/C13H12FNO/c1-9-6-12(13(16-2)15-8-9)10-4-3-5-11(14)7-10/h3-8H,1-2H3. The summed E-state index contributed by atoms with van der Waals surface area (Å²) in [5.74, 6) is 0.247. The Hall–Kier alpha value is -1.90. The molecule has 16 heavy (non-hydrogen) atoms. The van der Waals surface area contributed by atoms with E-state index in [-0.39, 0.29) is 5.82 Å². The molecule has 3 heteroatoms. The van der Waals surface area contributed by atoms with Gasteiger partial charge in [-0.05, 0) is 36.2 Å². The van der Waals surface area contributed by atoms with Crippen LogP contribution >= 0.6 is 0 Å². The van der Waals surface area contributed by atoms with Crippen LogP contribution in [0.3, 0.4) is 0 Å². The van der Waals surface area contributed by atoms with Crippen molar-refractivity contribution in [2.75, 3.05) is 7.11 Å². The monoisotopic (exact) mass is 217 g/mol. The first-order chi connectivity index (χ1) is 7.70. The Morgan fingerprint density at radius 1 is 1.25 bits per heavy atom. The Bertz CT molecular complexity index is 511. The summed E-state index contributed by atoms with van der Waals surface area (Å²) in [6.07, 6.45) is 1.72. The van der Waals surface area contributed by atoms with Crippen molar-refractivity contribution in [1.82, 2.24) is 4.98 Å². The number of methoxy groups -OCH3 is 1. The maximum absolute atomic E-state index is 13.1. The summed E-state index contributed by atoms with van der Waals surface area (Å²) in [5, 5.41) is 0. The topological polar surface area (TPSA) is 22.1 Å². The SMILES string of the molecule is COc1ncc(C)cc1-c1cccc(F)c1. The zero-order chi connectivity index (χ0) is 11.5. The molecule has 0 amide bonds. The molecule has 0 saturated carbocycles. The number of halogens is 1. The number of rotatable bonds is 2. The van der Waals surface area contributed by atoms with Gasteiger partial charge in [-0.1, -0.05) is 12.1 Å². The molecule has 2 aromatic rings. The zero-order valence-corrected chi connectivity index (χ0v) is 9.20. The summed E-state index contributed by atoms with van der Waals surface area (Å²) in [5.41, 5.74) is 2.59. The van der Waals surface area contributed by atoms with E-state index < -0.39 is 0 Å². The number of hydrogen-bond acceptors (Lipinski definition) is 2. The molecule has 0 unspecified atom stereocenters. The minimum absolute atomic E-state index is 0.263. The lowest BCUT2D eigenvalue weighted by molar-refractivity contribution is 0.399. The van der Waals surface area contributed by atoms with Crippen molar-refractivity contribution in [2.24, 2.45) is 0 Å². The fourth-order valence-electron chi connectivity index (χ4n) is 1.58. The number of aryl methyl sites for hydroxylation is 1. The number of nitrogens with zero attached hydrogens (tertiary/aromatic N) is 1. The molecule has 1 aromatic carbocycles. The highest BCUT2D eigenvalue weighted by Gasteiger charge is 2.07. The summed E-state index contributed by atoms with van der Waals surface area (Å²) >= 11 is 0. The van der Waals surface area contributed by atoms with Crippen LogP contribution in [-0.4, -0.2) is 12.1 Å². The van der Waals surface area contributed by atoms with Gasteiger partial charge in [0, 0.05) is 11.8 Å². The molecule has 0 saturated heterocycles. The van der Waals surface area contributed by atoms with Gasteiger partial charge in [0.25, 0.3) is 0 Å². The van der Waals surface area contributed by atoms with E-state index in [1.54, 1.807) is 19.4 Å². The van der Waals surface area contributed by atoms with E-state index in [9.17, 15) is 4.39 Å². The van der Waals surface area contributed by atoms with Crippen LogP contribution in [0.5, 0.6) is 5.88 Å². The molecule has 0 aliphatic heterocycles. The fourth-order valence-corrected chi connectivity index (χ4v) is 1.58. The van der Waals surface area contributed by atoms with Gasteiger partial charge in [-0.2, -0.15) is 0 Å². The highest BCUT2D eigenvalue weighted by atomic mass is 19.1. The number of hydrogen-bond donors (Lipinski definition) is 0. The van der Waals surface area contributed by atoms with Crippen LogP contribution in [0.1, 0.15) is 5.56 Å². The molecule has 1 aromatic heterocycles. The van der Waals surface area contributed by atoms with Gasteiger partial charge in [0.15, 0.2) is 0 Å². The molecular formula is C13H12FNO. The predicted octanol–water partition coefficient (Wildman–Crippen LogP) is 3.20. The zero-order valence-electron chi connectivity index (χ0n) is 9.20. The molecule has 1 heterocycles. The van der Waals surface area contributed by atoms with Gasteiger partial charge in [-0.15, -0.1) is 0 Å². The van der Waals surface area contributed by atoms with Crippen molar-refractivity contribution in [2.45, 2.75) is 6.92 Å². The number of pyridine rings is 1. The summed E-state index contributed by atoms with van der Waals surface area (Å²) in [6, 6.07) is 8.33. The fraction of sp³-hybridized carbons (Fsp3) is 0.154. The lowest BCUT2D eigenvalue weighted by Crippen LogP contribution is -1.92.